The molecule has 82 valence electrons. The zero-order valence-electron chi connectivity index (χ0n) is 8.81. The van der Waals surface area contributed by atoms with E-state index in [2.05, 4.69) is 10.2 Å². The standard InChI is InChI=1S/C10H16N4O/c1-7-2-3-8(6-14(7)10(11)15)9-4-5-12-13-9/h4-5,7-8H,2-3,6H2,1H3,(H2,11,15)(H,12,13). The molecule has 1 aliphatic heterocycles. The van der Waals surface area contributed by atoms with E-state index in [1.165, 1.54) is 0 Å². The van der Waals surface area contributed by atoms with E-state index in [1.807, 2.05) is 13.0 Å². The molecular formula is C10H16N4O. The number of likely N-dealkylation sites (tertiary alicyclic amines) is 1. The highest BCUT2D eigenvalue weighted by Gasteiger charge is 2.28. The van der Waals surface area contributed by atoms with E-state index in [0.717, 1.165) is 18.5 Å². The molecular weight excluding hydrogens is 192 g/mol. The first-order valence-corrected chi connectivity index (χ1v) is 5.24. The maximum absolute atomic E-state index is 11.2. The lowest BCUT2D eigenvalue weighted by molar-refractivity contribution is 0.156. The van der Waals surface area contributed by atoms with Gasteiger partial charge in [0.25, 0.3) is 0 Å². The summed E-state index contributed by atoms with van der Waals surface area (Å²) in [6.07, 6.45) is 3.81. The van der Waals surface area contributed by atoms with E-state index >= 15 is 0 Å². The molecule has 15 heavy (non-hydrogen) atoms. The molecule has 1 aliphatic rings. The lowest BCUT2D eigenvalue weighted by Gasteiger charge is -2.36. The number of piperidine rings is 1. The Balaban J connectivity index is 2.09. The molecule has 5 nitrogen and oxygen atoms in total. The molecule has 0 radical (unpaired) electrons. The lowest BCUT2D eigenvalue weighted by atomic mass is 9.91. The van der Waals surface area contributed by atoms with Gasteiger partial charge in [0.2, 0.25) is 0 Å². The Labute approximate surface area is 88.6 Å². The van der Waals surface area contributed by atoms with Gasteiger partial charge in [-0.05, 0) is 25.8 Å². The zero-order valence-corrected chi connectivity index (χ0v) is 8.81. The number of hydrogen-bond acceptors (Lipinski definition) is 2. The van der Waals surface area contributed by atoms with Gasteiger partial charge in [-0.1, -0.05) is 0 Å². The van der Waals surface area contributed by atoms with Gasteiger partial charge in [0.1, 0.15) is 0 Å². The van der Waals surface area contributed by atoms with Gasteiger partial charge in [0.05, 0.1) is 0 Å². The monoisotopic (exact) mass is 208 g/mol. The van der Waals surface area contributed by atoms with Gasteiger partial charge in [-0.15, -0.1) is 0 Å². The van der Waals surface area contributed by atoms with Gasteiger partial charge in [-0.25, -0.2) is 4.79 Å². The average molecular weight is 208 g/mol. The third kappa shape index (κ3) is 1.95. The van der Waals surface area contributed by atoms with E-state index in [-0.39, 0.29) is 12.1 Å². The Morgan fingerprint density at radius 2 is 2.47 bits per heavy atom. The highest BCUT2D eigenvalue weighted by Crippen LogP contribution is 2.28. The van der Waals surface area contributed by atoms with Crippen LogP contribution in [0.5, 0.6) is 0 Å². The molecule has 0 saturated carbocycles. The number of hydrogen-bond donors (Lipinski definition) is 2. The minimum Gasteiger partial charge on any atom is -0.351 e. The Bertz CT molecular complexity index is 335. The molecule has 1 aromatic rings. The van der Waals surface area contributed by atoms with Crippen LogP contribution in [0, 0.1) is 0 Å². The summed E-state index contributed by atoms with van der Waals surface area (Å²) in [5, 5.41) is 6.88. The third-order valence-corrected chi connectivity index (χ3v) is 3.13. The number of nitrogens with one attached hydrogen (secondary N) is 1. The molecule has 2 atom stereocenters. The number of rotatable bonds is 1. The van der Waals surface area contributed by atoms with Crippen LogP contribution in [0.25, 0.3) is 0 Å². The Hall–Kier alpha value is -1.52. The van der Waals surface area contributed by atoms with Crippen molar-refractivity contribution in [3.8, 4) is 0 Å². The summed E-state index contributed by atoms with van der Waals surface area (Å²) in [6.45, 7) is 2.73. The van der Waals surface area contributed by atoms with E-state index in [9.17, 15) is 4.79 Å². The predicted molar refractivity (Wildman–Crippen MR) is 56.3 cm³/mol. The molecule has 2 rings (SSSR count). The summed E-state index contributed by atoms with van der Waals surface area (Å²) < 4.78 is 0. The van der Waals surface area contributed by atoms with Crippen LogP contribution in [0.2, 0.25) is 0 Å². The van der Waals surface area contributed by atoms with Gasteiger partial charge >= 0.3 is 6.03 Å². The Morgan fingerprint density at radius 3 is 3.07 bits per heavy atom. The quantitative estimate of drug-likeness (QED) is 0.724. The maximum atomic E-state index is 11.2. The number of nitrogens with zero attached hydrogens (tertiary/aromatic N) is 2. The number of nitrogens with two attached hydrogens (primary N) is 1. The van der Waals surface area contributed by atoms with Gasteiger partial charge in [0.15, 0.2) is 0 Å². The number of carbonyl (C=O) groups excluding carboxylic acids is 1. The highest BCUT2D eigenvalue weighted by atomic mass is 16.2. The molecule has 1 fully saturated rings. The normalized spacial score (nSPS) is 26.6. The summed E-state index contributed by atoms with van der Waals surface area (Å²) in [7, 11) is 0. The van der Waals surface area contributed by atoms with E-state index in [1.54, 1.807) is 11.1 Å². The van der Waals surface area contributed by atoms with Crippen molar-refractivity contribution in [1.82, 2.24) is 15.1 Å². The van der Waals surface area contributed by atoms with Gasteiger partial charge in [0, 0.05) is 30.4 Å². The number of primary amides is 1. The number of aromatic amines is 1. The first-order valence-electron chi connectivity index (χ1n) is 5.24. The summed E-state index contributed by atoms with van der Waals surface area (Å²) in [5.41, 5.74) is 6.43. The first-order chi connectivity index (χ1) is 7.18. The van der Waals surface area contributed by atoms with Crippen molar-refractivity contribution >= 4 is 6.03 Å². The van der Waals surface area contributed by atoms with Gasteiger partial charge in [-0.2, -0.15) is 5.10 Å². The number of aromatic nitrogens is 2. The van der Waals surface area contributed by atoms with Crippen molar-refractivity contribution in [3.63, 3.8) is 0 Å². The van der Waals surface area contributed by atoms with Crippen LogP contribution in [0.3, 0.4) is 0 Å². The second-order valence-corrected chi connectivity index (χ2v) is 4.13. The van der Waals surface area contributed by atoms with Crippen molar-refractivity contribution < 1.29 is 4.79 Å². The summed E-state index contributed by atoms with van der Waals surface area (Å²) in [4.78, 5) is 12.9. The van der Waals surface area contributed by atoms with Crippen molar-refractivity contribution in [2.24, 2.45) is 5.73 Å². The molecule has 0 aliphatic carbocycles. The molecule has 3 N–H and O–H groups in total. The van der Waals surface area contributed by atoms with Crippen molar-refractivity contribution in [3.05, 3.63) is 18.0 Å². The summed E-state index contributed by atoms with van der Waals surface area (Å²) in [6, 6.07) is 1.88. The molecule has 2 amide bonds. The molecule has 0 aromatic carbocycles. The summed E-state index contributed by atoms with van der Waals surface area (Å²) >= 11 is 0. The average Bonchev–Trinajstić information content (AvgIpc) is 2.71. The third-order valence-electron chi connectivity index (χ3n) is 3.13. The van der Waals surface area contributed by atoms with Crippen LogP contribution in [-0.4, -0.2) is 33.7 Å². The molecule has 2 unspecified atom stereocenters. The van der Waals surface area contributed by atoms with Crippen LogP contribution in [0.1, 0.15) is 31.4 Å². The molecule has 0 bridgehead atoms. The highest BCUT2D eigenvalue weighted by molar-refractivity contribution is 5.72. The SMILES string of the molecule is CC1CCC(c2ccn[nH]2)CN1C(N)=O. The molecule has 1 saturated heterocycles. The van der Waals surface area contributed by atoms with Crippen LogP contribution in [0.15, 0.2) is 12.3 Å². The van der Waals surface area contributed by atoms with Crippen molar-refractivity contribution in [2.45, 2.75) is 31.7 Å². The van der Waals surface area contributed by atoms with E-state index in [0.29, 0.717) is 12.5 Å². The van der Waals surface area contributed by atoms with Crippen LogP contribution in [0.4, 0.5) is 4.79 Å². The fraction of sp³-hybridized carbons (Fsp3) is 0.600. The van der Waals surface area contributed by atoms with Gasteiger partial charge in [-0.3, -0.25) is 5.10 Å². The van der Waals surface area contributed by atoms with E-state index in [4.69, 9.17) is 5.73 Å². The van der Waals surface area contributed by atoms with Crippen LogP contribution in [-0.2, 0) is 0 Å². The Kier molecular flexibility index (Phi) is 2.62. The van der Waals surface area contributed by atoms with Crippen molar-refractivity contribution in [2.75, 3.05) is 6.54 Å². The number of H-pyrrole nitrogens is 1. The predicted octanol–water partition coefficient (Wildman–Crippen LogP) is 1.06. The van der Waals surface area contributed by atoms with Crippen LogP contribution >= 0.6 is 0 Å². The van der Waals surface area contributed by atoms with E-state index < -0.39 is 0 Å². The van der Waals surface area contributed by atoms with Crippen molar-refractivity contribution in [1.29, 1.82) is 0 Å². The minimum atomic E-state index is -0.327. The molecule has 2 heterocycles. The first kappa shape index (κ1) is 10.0. The number of amides is 2. The topological polar surface area (TPSA) is 75.0 Å². The fourth-order valence-electron chi connectivity index (χ4n) is 2.16. The number of urea groups is 1. The maximum Gasteiger partial charge on any atom is 0.315 e. The minimum absolute atomic E-state index is 0.252. The second kappa shape index (κ2) is 3.92. The Morgan fingerprint density at radius 1 is 1.67 bits per heavy atom. The number of carbonyl (C=O) groups is 1. The zero-order chi connectivity index (χ0) is 10.8. The van der Waals surface area contributed by atoms with Gasteiger partial charge < -0.3 is 10.6 Å². The molecule has 1 aromatic heterocycles. The van der Waals surface area contributed by atoms with Crippen LogP contribution < -0.4 is 5.73 Å². The molecule has 5 heteroatoms. The smallest absolute Gasteiger partial charge is 0.315 e. The fourth-order valence-corrected chi connectivity index (χ4v) is 2.16. The largest absolute Gasteiger partial charge is 0.351 e. The molecule has 0 spiro atoms. The lowest BCUT2D eigenvalue weighted by Crippen LogP contribution is -2.47. The second-order valence-electron chi connectivity index (χ2n) is 4.13. The summed E-state index contributed by atoms with van der Waals surface area (Å²) in [5.74, 6) is 0.344.